The van der Waals surface area contributed by atoms with Gasteiger partial charge < -0.3 is 5.11 Å². The Labute approximate surface area is 147 Å². The molecular formula is C21H22N3O+. The van der Waals surface area contributed by atoms with Crippen molar-refractivity contribution in [3.05, 3.63) is 89.5 Å². The maximum absolute atomic E-state index is 10.6. The highest BCUT2D eigenvalue weighted by atomic mass is 16.3. The first-order chi connectivity index (χ1) is 12.0. The van der Waals surface area contributed by atoms with E-state index in [1.165, 1.54) is 5.56 Å². The van der Waals surface area contributed by atoms with Gasteiger partial charge in [-0.1, -0.05) is 54.6 Å². The fraction of sp³-hybridized carbons (Fsp3) is 0.143. The number of hydrogen-bond acceptors (Lipinski definition) is 2. The molecule has 0 aliphatic heterocycles. The molecular weight excluding hydrogens is 310 g/mol. The lowest BCUT2D eigenvalue weighted by molar-refractivity contribution is -0.660. The average molecular weight is 332 g/mol. The number of aryl methyl sites for hydroxylation is 3. The first kappa shape index (κ1) is 16.7. The Balaban J connectivity index is 2.03. The molecule has 126 valence electrons. The summed E-state index contributed by atoms with van der Waals surface area (Å²) in [6, 6.07) is 14.0. The monoisotopic (exact) mass is 332 g/mol. The second-order valence-electron chi connectivity index (χ2n) is 6.21. The molecule has 4 heteroatoms. The van der Waals surface area contributed by atoms with Crippen LogP contribution in [0.15, 0.2) is 61.4 Å². The van der Waals surface area contributed by atoms with E-state index in [9.17, 15) is 5.11 Å². The Morgan fingerprint density at radius 1 is 1.12 bits per heavy atom. The van der Waals surface area contributed by atoms with Crippen molar-refractivity contribution in [3.63, 3.8) is 0 Å². The van der Waals surface area contributed by atoms with E-state index >= 15 is 0 Å². The number of rotatable bonds is 4. The molecule has 2 N–H and O–H groups in total. The van der Waals surface area contributed by atoms with E-state index in [4.69, 9.17) is 0 Å². The van der Waals surface area contributed by atoms with Gasteiger partial charge in [0, 0.05) is 0 Å². The van der Waals surface area contributed by atoms with Gasteiger partial charge in [0.2, 0.25) is 12.1 Å². The second-order valence-corrected chi connectivity index (χ2v) is 6.21. The van der Waals surface area contributed by atoms with Crippen LogP contribution in [0.5, 0.6) is 0 Å². The van der Waals surface area contributed by atoms with Gasteiger partial charge in [0.25, 0.3) is 0 Å². The maximum Gasteiger partial charge on any atom is 0.391 e. The normalized spacial score (nSPS) is 11.6. The van der Waals surface area contributed by atoms with E-state index in [2.05, 4.69) is 49.6 Å². The molecule has 0 aliphatic carbocycles. The third kappa shape index (κ3) is 3.38. The molecule has 0 spiro atoms. The lowest BCUT2D eigenvalue weighted by Gasteiger charge is -2.08. The van der Waals surface area contributed by atoms with Crippen molar-refractivity contribution >= 4 is 11.3 Å². The predicted molar refractivity (Wildman–Crippen MR) is 100 cm³/mol. The molecule has 25 heavy (non-hydrogen) atoms. The van der Waals surface area contributed by atoms with Crippen LogP contribution in [0.4, 0.5) is 0 Å². The molecule has 0 fully saturated rings. The summed E-state index contributed by atoms with van der Waals surface area (Å²) in [5.74, 6) is 0.515. The molecule has 0 saturated heterocycles. The van der Waals surface area contributed by atoms with E-state index in [-0.39, 0.29) is 5.76 Å². The average Bonchev–Trinajstić information content (AvgIpc) is 3.04. The SMILES string of the molecule is C=C(/C=C(/O)c1nc[nH][n+]1-c1c(C)cc(C)cc1C)c1ccccc1. The first-order valence-electron chi connectivity index (χ1n) is 8.16. The van der Waals surface area contributed by atoms with Crippen molar-refractivity contribution in [3.8, 4) is 5.69 Å². The fourth-order valence-corrected chi connectivity index (χ4v) is 3.11. The minimum atomic E-state index is 0.0643. The van der Waals surface area contributed by atoms with Crippen LogP contribution in [-0.4, -0.2) is 15.2 Å². The van der Waals surface area contributed by atoms with Crippen LogP contribution < -0.4 is 4.68 Å². The highest BCUT2D eigenvalue weighted by Crippen LogP contribution is 2.20. The minimum Gasteiger partial charge on any atom is -0.501 e. The predicted octanol–water partition coefficient (Wildman–Crippen LogP) is 4.22. The number of nitrogens with one attached hydrogen (secondary N) is 1. The summed E-state index contributed by atoms with van der Waals surface area (Å²) in [6.45, 7) is 10.2. The van der Waals surface area contributed by atoms with Crippen LogP contribution in [0, 0.1) is 20.8 Å². The number of H-pyrrole nitrogens is 1. The number of aromatic amines is 1. The van der Waals surface area contributed by atoms with E-state index in [1.54, 1.807) is 17.1 Å². The summed E-state index contributed by atoms with van der Waals surface area (Å²) in [5, 5.41) is 13.7. The molecule has 2 aromatic carbocycles. The molecule has 0 amide bonds. The summed E-state index contributed by atoms with van der Waals surface area (Å²) in [5.41, 5.74) is 6.11. The van der Waals surface area contributed by atoms with Crippen LogP contribution in [-0.2, 0) is 0 Å². The molecule has 0 radical (unpaired) electrons. The molecule has 0 saturated carbocycles. The number of nitrogens with zero attached hydrogens (tertiary/aromatic N) is 2. The van der Waals surface area contributed by atoms with Gasteiger partial charge in [0.05, 0.1) is 0 Å². The molecule has 0 unspecified atom stereocenters. The molecule has 3 rings (SSSR count). The largest absolute Gasteiger partial charge is 0.501 e. The van der Waals surface area contributed by atoms with Crippen molar-refractivity contribution in [2.45, 2.75) is 20.8 Å². The summed E-state index contributed by atoms with van der Waals surface area (Å²) in [6.07, 6.45) is 3.21. The number of hydrogen-bond donors (Lipinski definition) is 2. The van der Waals surface area contributed by atoms with E-state index in [1.807, 2.05) is 30.3 Å². The Morgan fingerprint density at radius 3 is 2.40 bits per heavy atom. The number of aliphatic hydroxyl groups excluding tert-OH is 1. The van der Waals surface area contributed by atoms with Gasteiger partial charge in [0.15, 0.2) is 5.69 Å². The smallest absolute Gasteiger partial charge is 0.391 e. The second kappa shape index (κ2) is 6.77. The Kier molecular flexibility index (Phi) is 4.52. The van der Waals surface area contributed by atoms with Crippen LogP contribution in [0.25, 0.3) is 17.0 Å². The van der Waals surface area contributed by atoms with Crippen LogP contribution in [0.3, 0.4) is 0 Å². The highest BCUT2D eigenvalue weighted by molar-refractivity contribution is 5.78. The maximum atomic E-state index is 10.6. The quantitative estimate of drug-likeness (QED) is 0.427. The highest BCUT2D eigenvalue weighted by Gasteiger charge is 2.24. The first-order valence-corrected chi connectivity index (χ1v) is 8.16. The number of allylic oxidation sites excluding steroid dienone is 2. The van der Waals surface area contributed by atoms with Gasteiger partial charge in [-0.2, -0.15) is 5.10 Å². The zero-order chi connectivity index (χ0) is 18.0. The molecule has 0 aliphatic rings. The topological polar surface area (TPSA) is 52.8 Å². The van der Waals surface area contributed by atoms with Gasteiger partial charge in [-0.3, -0.25) is 0 Å². The van der Waals surface area contributed by atoms with E-state index < -0.39 is 0 Å². The zero-order valence-corrected chi connectivity index (χ0v) is 14.7. The summed E-state index contributed by atoms with van der Waals surface area (Å²) >= 11 is 0. The zero-order valence-electron chi connectivity index (χ0n) is 14.7. The Hall–Kier alpha value is -3.14. The summed E-state index contributed by atoms with van der Waals surface area (Å²) < 4.78 is 1.80. The van der Waals surface area contributed by atoms with Gasteiger partial charge in [0.1, 0.15) is 0 Å². The third-order valence-electron chi connectivity index (χ3n) is 4.13. The number of aromatic nitrogens is 3. The number of benzene rings is 2. The summed E-state index contributed by atoms with van der Waals surface area (Å²) in [4.78, 5) is 4.29. The van der Waals surface area contributed by atoms with E-state index in [0.29, 0.717) is 5.82 Å². The van der Waals surface area contributed by atoms with Crippen molar-refractivity contribution in [2.24, 2.45) is 0 Å². The van der Waals surface area contributed by atoms with Gasteiger partial charge in [-0.15, -0.1) is 4.68 Å². The van der Waals surface area contributed by atoms with E-state index in [0.717, 1.165) is 28.0 Å². The van der Waals surface area contributed by atoms with Gasteiger partial charge >= 0.3 is 5.82 Å². The van der Waals surface area contributed by atoms with Crippen LogP contribution in [0.2, 0.25) is 0 Å². The van der Waals surface area contributed by atoms with Crippen molar-refractivity contribution < 1.29 is 9.79 Å². The molecule has 3 aromatic rings. The van der Waals surface area contributed by atoms with Gasteiger partial charge in [-0.25, -0.2) is 0 Å². The number of aliphatic hydroxyl groups is 1. The molecule has 0 bridgehead atoms. The molecule has 4 nitrogen and oxygen atoms in total. The lowest BCUT2D eigenvalue weighted by Crippen LogP contribution is -2.38. The van der Waals surface area contributed by atoms with Gasteiger partial charge in [-0.05, 0) is 54.1 Å². The van der Waals surface area contributed by atoms with Crippen molar-refractivity contribution in [1.82, 2.24) is 10.1 Å². The lowest BCUT2D eigenvalue weighted by atomic mass is 10.0. The molecule has 0 atom stereocenters. The third-order valence-corrected chi connectivity index (χ3v) is 4.13. The summed E-state index contributed by atoms with van der Waals surface area (Å²) in [7, 11) is 0. The Bertz CT molecular complexity index is 929. The molecule has 1 heterocycles. The van der Waals surface area contributed by atoms with Crippen LogP contribution >= 0.6 is 0 Å². The molecule has 1 aromatic heterocycles. The van der Waals surface area contributed by atoms with Crippen molar-refractivity contribution in [1.29, 1.82) is 0 Å². The van der Waals surface area contributed by atoms with Crippen LogP contribution in [0.1, 0.15) is 28.1 Å². The standard InChI is InChI=1S/C21H21N3O/c1-14-10-16(3)20(17(4)11-14)24-21(22-13-23-24)19(25)12-15(2)18-8-6-5-7-9-18/h5-13,25H,2H2,1,3-4H3/p+1/b19-12+. The van der Waals surface area contributed by atoms with Crippen molar-refractivity contribution in [2.75, 3.05) is 0 Å². The Morgan fingerprint density at radius 2 is 1.76 bits per heavy atom. The minimum absolute atomic E-state index is 0.0643. The fourth-order valence-electron chi connectivity index (χ4n) is 3.11.